The number of hydrogen-bond donors (Lipinski definition) is 3. The lowest BCUT2D eigenvalue weighted by molar-refractivity contribution is -0.126. The smallest absolute Gasteiger partial charge is 0.227 e. The first-order chi connectivity index (χ1) is 10.3. The van der Waals surface area contributed by atoms with E-state index in [1.165, 1.54) is 0 Å². The second-order valence-corrected chi connectivity index (χ2v) is 5.36. The van der Waals surface area contributed by atoms with Crippen LogP contribution in [0.25, 0.3) is 0 Å². The van der Waals surface area contributed by atoms with Gasteiger partial charge in [-0.1, -0.05) is 37.3 Å². The van der Waals surface area contributed by atoms with Gasteiger partial charge >= 0.3 is 0 Å². The quantitative estimate of drug-likeness (QED) is 0.697. The van der Waals surface area contributed by atoms with Crippen LogP contribution in [-0.4, -0.2) is 43.4 Å². The van der Waals surface area contributed by atoms with Crippen LogP contribution in [-0.2, 0) is 9.53 Å². The Balaban J connectivity index is 1.96. The molecule has 1 heterocycles. The van der Waals surface area contributed by atoms with Gasteiger partial charge in [0.1, 0.15) is 0 Å². The van der Waals surface area contributed by atoms with Crippen LogP contribution in [0.2, 0.25) is 0 Å². The van der Waals surface area contributed by atoms with Gasteiger partial charge in [0.2, 0.25) is 5.91 Å². The van der Waals surface area contributed by atoms with E-state index >= 15 is 0 Å². The Morgan fingerprint density at radius 3 is 2.81 bits per heavy atom. The molecule has 0 bridgehead atoms. The molecule has 5 nitrogen and oxygen atoms in total. The average molecular weight is 292 g/mol. The van der Waals surface area contributed by atoms with Crippen molar-refractivity contribution in [2.75, 3.05) is 26.4 Å². The van der Waals surface area contributed by atoms with E-state index in [0.717, 1.165) is 18.5 Å². The van der Waals surface area contributed by atoms with Gasteiger partial charge in [-0.2, -0.15) is 0 Å². The lowest BCUT2D eigenvalue weighted by Gasteiger charge is -2.22. The van der Waals surface area contributed by atoms with Crippen molar-refractivity contribution >= 4 is 5.91 Å². The van der Waals surface area contributed by atoms with Gasteiger partial charge in [0.25, 0.3) is 0 Å². The van der Waals surface area contributed by atoms with Gasteiger partial charge < -0.3 is 20.5 Å². The van der Waals surface area contributed by atoms with Crippen LogP contribution < -0.4 is 10.6 Å². The largest absolute Gasteiger partial charge is 0.394 e. The molecule has 1 aromatic carbocycles. The van der Waals surface area contributed by atoms with E-state index in [-0.39, 0.29) is 30.5 Å². The minimum Gasteiger partial charge on any atom is -0.394 e. The number of carbonyl (C=O) groups is 1. The predicted molar refractivity (Wildman–Crippen MR) is 80.8 cm³/mol. The second kappa shape index (κ2) is 8.12. The van der Waals surface area contributed by atoms with Gasteiger partial charge in [-0.3, -0.25) is 4.79 Å². The number of ether oxygens (including phenoxy) is 1. The summed E-state index contributed by atoms with van der Waals surface area (Å²) < 4.78 is 5.42. The fourth-order valence-electron chi connectivity index (χ4n) is 2.54. The summed E-state index contributed by atoms with van der Waals surface area (Å²) in [5, 5.41) is 15.8. The Labute approximate surface area is 125 Å². The van der Waals surface area contributed by atoms with Crippen LogP contribution in [0.15, 0.2) is 30.3 Å². The molecule has 5 heteroatoms. The first kappa shape index (κ1) is 15.9. The highest BCUT2D eigenvalue weighted by Crippen LogP contribution is 2.17. The van der Waals surface area contributed by atoms with Crippen LogP contribution in [0.5, 0.6) is 0 Å². The van der Waals surface area contributed by atoms with Crippen molar-refractivity contribution in [3.05, 3.63) is 35.9 Å². The van der Waals surface area contributed by atoms with Gasteiger partial charge in [0.15, 0.2) is 0 Å². The number of benzene rings is 1. The molecular weight excluding hydrogens is 268 g/mol. The van der Waals surface area contributed by atoms with Gasteiger partial charge in [-0.15, -0.1) is 0 Å². The lowest BCUT2D eigenvalue weighted by atomic mass is 10.0. The molecule has 3 atom stereocenters. The van der Waals surface area contributed by atoms with Crippen molar-refractivity contribution in [1.29, 1.82) is 0 Å². The van der Waals surface area contributed by atoms with Crippen molar-refractivity contribution in [2.24, 2.45) is 5.92 Å². The van der Waals surface area contributed by atoms with Crippen molar-refractivity contribution in [1.82, 2.24) is 10.6 Å². The van der Waals surface area contributed by atoms with Crippen molar-refractivity contribution in [2.45, 2.75) is 25.4 Å². The summed E-state index contributed by atoms with van der Waals surface area (Å²) in [6, 6.07) is 9.20. The number of nitrogens with one attached hydrogen (secondary N) is 2. The normalized spacial score (nSPS) is 23.0. The SMILES string of the molecule is CCCNC1COCC1C(=O)NC(CO)c1ccccc1. The molecule has 0 saturated carbocycles. The molecule has 21 heavy (non-hydrogen) atoms. The number of amides is 1. The van der Waals surface area contributed by atoms with Crippen LogP contribution in [0.1, 0.15) is 24.9 Å². The van der Waals surface area contributed by atoms with Crippen molar-refractivity contribution in [3.63, 3.8) is 0 Å². The molecule has 1 aromatic rings. The zero-order valence-corrected chi connectivity index (χ0v) is 12.4. The van der Waals surface area contributed by atoms with Crippen LogP contribution >= 0.6 is 0 Å². The zero-order chi connectivity index (χ0) is 15.1. The zero-order valence-electron chi connectivity index (χ0n) is 12.4. The maximum absolute atomic E-state index is 12.4. The highest BCUT2D eigenvalue weighted by Gasteiger charge is 2.34. The molecule has 0 aromatic heterocycles. The molecule has 3 unspecified atom stereocenters. The monoisotopic (exact) mass is 292 g/mol. The van der Waals surface area contributed by atoms with E-state index in [0.29, 0.717) is 13.2 Å². The van der Waals surface area contributed by atoms with Crippen molar-refractivity contribution in [3.8, 4) is 0 Å². The fourth-order valence-corrected chi connectivity index (χ4v) is 2.54. The van der Waals surface area contributed by atoms with Gasteiger partial charge in [-0.25, -0.2) is 0 Å². The van der Waals surface area contributed by atoms with E-state index in [2.05, 4.69) is 17.6 Å². The van der Waals surface area contributed by atoms with E-state index in [9.17, 15) is 9.90 Å². The first-order valence-corrected chi connectivity index (χ1v) is 7.53. The third kappa shape index (κ3) is 4.27. The van der Waals surface area contributed by atoms with E-state index in [1.54, 1.807) is 0 Å². The molecule has 0 aliphatic carbocycles. The topological polar surface area (TPSA) is 70.6 Å². The van der Waals surface area contributed by atoms with Crippen molar-refractivity contribution < 1.29 is 14.6 Å². The molecule has 1 saturated heterocycles. The van der Waals surface area contributed by atoms with Gasteiger partial charge in [0.05, 0.1) is 31.8 Å². The lowest BCUT2D eigenvalue weighted by Crippen LogP contribution is -2.45. The summed E-state index contributed by atoms with van der Waals surface area (Å²) in [5.74, 6) is -0.265. The second-order valence-electron chi connectivity index (χ2n) is 5.36. The summed E-state index contributed by atoms with van der Waals surface area (Å²) in [6.45, 7) is 3.85. The molecule has 0 radical (unpaired) electrons. The highest BCUT2D eigenvalue weighted by atomic mass is 16.5. The molecule has 0 spiro atoms. The minimum atomic E-state index is -0.369. The van der Waals surface area contributed by atoms with E-state index < -0.39 is 0 Å². The van der Waals surface area contributed by atoms with Crippen LogP contribution in [0.3, 0.4) is 0 Å². The van der Waals surface area contributed by atoms with E-state index in [1.807, 2.05) is 30.3 Å². The molecule has 1 amide bonds. The first-order valence-electron chi connectivity index (χ1n) is 7.53. The third-order valence-electron chi connectivity index (χ3n) is 3.77. The number of rotatable bonds is 7. The molecular formula is C16H24N2O3. The fraction of sp³-hybridized carbons (Fsp3) is 0.562. The number of carbonyl (C=O) groups excluding carboxylic acids is 1. The number of aliphatic hydroxyl groups excluding tert-OH is 1. The summed E-state index contributed by atoms with van der Waals surface area (Å²) in [4.78, 5) is 12.4. The summed E-state index contributed by atoms with van der Waals surface area (Å²) in [5.41, 5.74) is 0.908. The van der Waals surface area contributed by atoms with Gasteiger partial charge in [-0.05, 0) is 18.5 Å². The Bertz CT molecular complexity index is 438. The molecule has 1 fully saturated rings. The van der Waals surface area contributed by atoms with Crippen LogP contribution in [0, 0.1) is 5.92 Å². The minimum absolute atomic E-state index is 0.0556. The Hall–Kier alpha value is -1.43. The van der Waals surface area contributed by atoms with E-state index in [4.69, 9.17) is 4.74 Å². The average Bonchev–Trinajstić information content (AvgIpc) is 2.99. The summed E-state index contributed by atoms with van der Waals surface area (Å²) in [6.07, 6.45) is 1.02. The molecule has 1 aliphatic heterocycles. The number of aliphatic hydroxyl groups is 1. The molecule has 1 aliphatic rings. The maximum Gasteiger partial charge on any atom is 0.227 e. The van der Waals surface area contributed by atoms with Crippen LogP contribution in [0.4, 0.5) is 0 Å². The third-order valence-corrected chi connectivity index (χ3v) is 3.77. The Morgan fingerprint density at radius 1 is 1.38 bits per heavy atom. The Kier molecular flexibility index (Phi) is 6.17. The predicted octanol–water partition coefficient (Wildman–Crippen LogP) is 0.851. The molecule has 2 rings (SSSR count). The number of hydrogen-bond acceptors (Lipinski definition) is 4. The highest BCUT2D eigenvalue weighted by molar-refractivity contribution is 5.80. The molecule has 116 valence electrons. The summed E-state index contributed by atoms with van der Waals surface area (Å²) in [7, 11) is 0. The summed E-state index contributed by atoms with van der Waals surface area (Å²) >= 11 is 0. The Morgan fingerprint density at radius 2 is 2.14 bits per heavy atom. The van der Waals surface area contributed by atoms with Gasteiger partial charge in [0, 0.05) is 6.04 Å². The molecule has 3 N–H and O–H groups in total. The standard InChI is InChI=1S/C16H24N2O3/c1-2-8-17-15-11-21-10-13(15)16(20)18-14(9-19)12-6-4-3-5-7-12/h3-7,13-15,17,19H,2,8-11H2,1H3,(H,18,20). The maximum atomic E-state index is 12.4.